The summed E-state index contributed by atoms with van der Waals surface area (Å²) in [6.07, 6.45) is 2.31. The van der Waals surface area contributed by atoms with Crippen LogP contribution in [0.4, 0.5) is 5.82 Å². The number of pyridine rings is 1. The van der Waals surface area contributed by atoms with Gasteiger partial charge in [-0.25, -0.2) is 0 Å². The SMILES string of the molecule is CCCCNc1ccc(CN)c(OC)n1. The molecule has 0 aromatic carbocycles. The van der Waals surface area contributed by atoms with E-state index in [0.29, 0.717) is 12.4 Å². The molecule has 3 N–H and O–H groups in total. The summed E-state index contributed by atoms with van der Waals surface area (Å²) >= 11 is 0. The van der Waals surface area contributed by atoms with Crippen molar-refractivity contribution in [2.45, 2.75) is 26.3 Å². The summed E-state index contributed by atoms with van der Waals surface area (Å²) < 4.78 is 5.15. The molecular weight excluding hydrogens is 190 g/mol. The van der Waals surface area contributed by atoms with E-state index in [4.69, 9.17) is 10.5 Å². The number of methoxy groups -OCH3 is 1. The second-order valence-electron chi connectivity index (χ2n) is 3.35. The molecule has 0 aliphatic rings. The highest BCUT2D eigenvalue weighted by molar-refractivity contribution is 5.41. The number of hydrogen-bond donors (Lipinski definition) is 2. The molecule has 1 heterocycles. The monoisotopic (exact) mass is 209 g/mol. The third kappa shape index (κ3) is 3.40. The van der Waals surface area contributed by atoms with Crippen molar-refractivity contribution in [2.75, 3.05) is 19.0 Å². The Hall–Kier alpha value is -1.29. The van der Waals surface area contributed by atoms with Crippen molar-refractivity contribution in [3.8, 4) is 5.88 Å². The van der Waals surface area contributed by atoms with Crippen LogP contribution in [0.2, 0.25) is 0 Å². The molecule has 84 valence electrons. The lowest BCUT2D eigenvalue weighted by Gasteiger charge is -2.09. The van der Waals surface area contributed by atoms with Gasteiger partial charge in [-0.1, -0.05) is 13.3 Å². The topological polar surface area (TPSA) is 60.2 Å². The minimum Gasteiger partial charge on any atom is -0.481 e. The highest BCUT2D eigenvalue weighted by Crippen LogP contribution is 2.17. The van der Waals surface area contributed by atoms with Gasteiger partial charge in [-0.15, -0.1) is 0 Å². The van der Waals surface area contributed by atoms with Crippen LogP contribution in [0.25, 0.3) is 0 Å². The number of nitrogens with one attached hydrogen (secondary N) is 1. The third-order valence-corrected chi connectivity index (χ3v) is 2.19. The molecule has 15 heavy (non-hydrogen) atoms. The van der Waals surface area contributed by atoms with Gasteiger partial charge < -0.3 is 15.8 Å². The fourth-order valence-electron chi connectivity index (χ4n) is 1.29. The summed E-state index contributed by atoms with van der Waals surface area (Å²) in [7, 11) is 1.61. The average molecular weight is 209 g/mol. The number of aromatic nitrogens is 1. The number of unbranched alkanes of at least 4 members (excludes halogenated alkanes) is 1. The number of nitrogens with two attached hydrogens (primary N) is 1. The molecule has 0 saturated heterocycles. The molecule has 0 unspecified atom stereocenters. The van der Waals surface area contributed by atoms with Crippen LogP contribution in [0.1, 0.15) is 25.3 Å². The Morgan fingerprint density at radius 1 is 1.47 bits per heavy atom. The van der Waals surface area contributed by atoms with Crippen molar-refractivity contribution < 1.29 is 4.74 Å². The van der Waals surface area contributed by atoms with E-state index in [1.165, 1.54) is 6.42 Å². The van der Waals surface area contributed by atoms with Crippen LogP contribution in [0.5, 0.6) is 5.88 Å². The molecule has 4 nitrogen and oxygen atoms in total. The van der Waals surface area contributed by atoms with Crippen LogP contribution < -0.4 is 15.8 Å². The van der Waals surface area contributed by atoms with E-state index in [1.54, 1.807) is 7.11 Å². The first-order valence-electron chi connectivity index (χ1n) is 5.29. The zero-order valence-electron chi connectivity index (χ0n) is 9.42. The molecular formula is C11H19N3O. The van der Waals surface area contributed by atoms with Gasteiger partial charge in [0, 0.05) is 18.7 Å². The second-order valence-corrected chi connectivity index (χ2v) is 3.35. The molecule has 0 amide bonds. The predicted octanol–water partition coefficient (Wildman–Crippen LogP) is 1.76. The molecule has 0 saturated carbocycles. The third-order valence-electron chi connectivity index (χ3n) is 2.19. The zero-order valence-corrected chi connectivity index (χ0v) is 9.42. The van der Waals surface area contributed by atoms with E-state index < -0.39 is 0 Å². The van der Waals surface area contributed by atoms with Crippen LogP contribution in [-0.4, -0.2) is 18.6 Å². The van der Waals surface area contributed by atoms with Crippen molar-refractivity contribution in [1.82, 2.24) is 4.98 Å². The van der Waals surface area contributed by atoms with Crippen LogP contribution >= 0.6 is 0 Å². The maximum absolute atomic E-state index is 5.56. The molecule has 1 rings (SSSR count). The smallest absolute Gasteiger partial charge is 0.219 e. The molecule has 0 atom stereocenters. The lowest BCUT2D eigenvalue weighted by Crippen LogP contribution is -2.06. The van der Waals surface area contributed by atoms with Crippen LogP contribution in [-0.2, 0) is 6.54 Å². The first-order valence-corrected chi connectivity index (χ1v) is 5.29. The molecule has 1 aromatic heterocycles. The molecule has 1 aromatic rings. The standard InChI is InChI=1S/C11H19N3O/c1-3-4-7-13-10-6-5-9(8-12)11(14-10)15-2/h5-6H,3-4,7-8,12H2,1-2H3,(H,13,14). The molecule has 0 radical (unpaired) electrons. The summed E-state index contributed by atoms with van der Waals surface area (Å²) in [5, 5.41) is 3.24. The van der Waals surface area contributed by atoms with Crippen molar-refractivity contribution in [1.29, 1.82) is 0 Å². The normalized spacial score (nSPS) is 10.1. The van der Waals surface area contributed by atoms with E-state index in [9.17, 15) is 0 Å². The lowest BCUT2D eigenvalue weighted by molar-refractivity contribution is 0.393. The van der Waals surface area contributed by atoms with Crippen molar-refractivity contribution >= 4 is 5.82 Å². The zero-order chi connectivity index (χ0) is 11.1. The Kier molecular flexibility index (Phi) is 4.90. The van der Waals surface area contributed by atoms with E-state index in [-0.39, 0.29) is 0 Å². The van der Waals surface area contributed by atoms with Gasteiger partial charge in [0.05, 0.1) is 7.11 Å². The van der Waals surface area contributed by atoms with Crippen LogP contribution in [0.3, 0.4) is 0 Å². The summed E-state index contributed by atoms with van der Waals surface area (Å²) in [6, 6.07) is 3.88. The van der Waals surface area contributed by atoms with Gasteiger partial charge in [-0.2, -0.15) is 4.98 Å². The van der Waals surface area contributed by atoms with Crippen molar-refractivity contribution in [3.63, 3.8) is 0 Å². The van der Waals surface area contributed by atoms with E-state index in [0.717, 1.165) is 24.3 Å². The molecule has 0 aliphatic carbocycles. The van der Waals surface area contributed by atoms with Gasteiger partial charge in [0.15, 0.2) is 0 Å². The highest BCUT2D eigenvalue weighted by atomic mass is 16.5. The van der Waals surface area contributed by atoms with Gasteiger partial charge in [0.25, 0.3) is 0 Å². The number of ether oxygens (including phenoxy) is 1. The van der Waals surface area contributed by atoms with Gasteiger partial charge in [0.1, 0.15) is 5.82 Å². The first kappa shape index (κ1) is 11.8. The highest BCUT2D eigenvalue weighted by Gasteiger charge is 2.03. The first-order chi connectivity index (χ1) is 7.31. The van der Waals surface area contributed by atoms with Crippen LogP contribution in [0.15, 0.2) is 12.1 Å². The minimum absolute atomic E-state index is 0.450. The second kappa shape index (κ2) is 6.24. The van der Waals surface area contributed by atoms with Crippen LogP contribution in [0, 0.1) is 0 Å². The Labute approximate surface area is 90.8 Å². The minimum atomic E-state index is 0.450. The Balaban J connectivity index is 2.66. The van der Waals surface area contributed by atoms with E-state index in [2.05, 4.69) is 17.2 Å². The van der Waals surface area contributed by atoms with Gasteiger partial charge >= 0.3 is 0 Å². The summed E-state index contributed by atoms with van der Waals surface area (Å²) in [6.45, 7) is 3.55. The number of hydrogen-bond acceptors (Lipinski definition) is 4. The Morgan fingerprint density at radius 3 is 2.87 bits per heavy atom. The van der Waals surface area contributed by atoms with Crippen molar-refractivity contribution in [2.24, 2.45) is 5.73 Å². The summed E-state index contributed by atoms with van der Waals surface area (Å²) in [5.74, 6) is 1.46. The van der Waals surface area contributed by atoms with Gasteiger partial charge in [-0.3, -0.25) is 0 Å². The summed E-state index contributed by atoms with van der Waals surface area (Å²) in [4.78, 5) is 4.32. The maximum Gasteiger partial charge on any atom is 0.219 e. The van der Waals surface area contributed by atoms with E-state index >= 15 is 0 Å². The molecule has 0 fully saturated rings. The van der Waals surface area contributed by atoms with E-state index in [1.807, 2.05) is 12.1 Å². The fraction of sp³-hybridized carbons (Fsp3) is 0.545. The van der Waals surface area contributed by atoms with Gasteiger partial charge in [0.2, 0.25) is 5.88 Å². The Bertz CT molecular complexity index is 302. The largest absolute Gasteiger partial charge is 0.481 e. The predicted molar refractivity (Wildman–Crippen MR) is 62.1 cm³/mol. The summed E-state index contributed by atoms with van der Waals surface area (Å²) in [5.41, 5.74) is 6.49. The maximum atomic E-state index is 5.56. The number of rotatable bonds is 6. The quantitative estimate of drug-likeness (QED) is 0.701. The average Bonchev–Trinajstić information content (AvgIpc) is 2.29. The lowest BCUT2D eigenvalue weighted by atomic mass is 10.2. The Morgan fingerprint density at radius 2 is 2.27 bits per heavy atom. The fourth-order valence-corrected chi connectivity index (χ4v) is 1.29. The van der Waals surface area contributed by atoms with Gasteiger partial charge in [-0.05, 0) is 18.6 Å². The number of nitrogens with zero attached hydrogens (tertiary/aromatic N) is 1. The number of anilines is 1. The molecule has 0 bridgehead atoms. The molecule has 4 heteroatoms. The van der Waals surface area contributed by atoms with Crippen molar-refractivity contribution in [3.05, 3.63) is 17.7 Å². The molecule has 0 spiro atoms. The molecule has 0 aliphatic heterocycles.